The van der Waals surface area contributed by atoms with Crippen molar-refractivity contribution in [1.29, 1.82) is 0 Å². The molecule has 0 amide bonds. The van der Waals surface area contributed by atoms with Crippen molar-refractivity contribution in [2.24, 2.45) is 0 Å². The largest absolute Gasteiger partial charge is 0.232 e. The molecule has 0 atom stereocenters. The van der Waals surface area contributed by atoms with E-state index in [4.69, 9.17) is 0 Å². The summed E-state index contributed by atoms with van der Waals surface area (Å²) >= 11 is 3.01. The Kier molecular flexibility index (Phi) is 3.47. The number of rotatable bonds is 1. The van der Waals surface area contributed by atoms with E-state index in [-0.39, 0.29) is 6.61 Å². The molecule has 0 heterocycles. The van der Waals surface area contributed by atoms with Crippen LogP contribution >= 0.6 is 15.9 Å². The third-order valence-corrected chi connectivity index (χ3v) is 1.20. The fourth-order valence-electron chi connectivity index (χ4n) is 0.0315. The average Bonchev–Trinajstić information content (AvgIpc) is 1.65. The van der Waals surface area contributed by atoms with E-state index in [1.54, 1.807) is 11.9 Å². The summed E-state index contributed by atoms with van der Waals surface area (Å²) in [6.45, 7) is 1.67. The van der Waals surface area contributed by atoms with E-state index in [9.17, 15) is 5.11 Å². The Morgan fingerprint density at radius 2 is 2.50 bits per heavy atom. The first-order chi connectivity index (χ1) is 2.81. The van der Waals surface area contributed by atoms with Crippen molar-refractivity contribution in [3.05, 3.63) is 10.6 Å². The van der Waals surface area contributed by atoms with Gasteiger partial charge in [-0.2, -0.15) is 0 Å². The number of hydrogen-bond donors (Lipinski definition) is 0. The van der Waals surface area contributed by atoms with Gasteiger partial charge in [-0.15, -0.1) is 0 Å². The average molecular weight is 150 g/mol. The second-order valence-electron chi connectivity index (χ2n) is 1.10. The molecular formula is C4H6BrO. The minimum atomic E-state index is -0.106. The lowest BCUT2D eigenvalue weighted by atomic mass is 10.4. The van der Waals surface area contributed by atoms with Gasteiger partial charge in [-0.05, 0) is 17.5 Å². The molecule has 0 aliphatic carbocycles. The Morgan fingerprint density at radius 3 is 2.50 bits per heavy atom. The van der Waals surface area contributed by atoms with Crippen molar-refractivity contribution in [3.63, 3.8) is 0 Å². The summed E-state index contributed by atoms with van der Waals surface area (Å²) in [6, 6.07) is 0. The third-order valence-electron chi connectivity index (χ3n) is 0.414. The molecular weight excluding hydrogens is 144 g/mol. The van der Waals surface area contributed by atoms with Crippen LogP contribution in [-0.2, 0) is 5.11 Å². The topological polar surface area (TPSA) is 19.9 Å². The molecule has 2 heteroatoms. The first kappa shape index (κ1) is 6.18. The van der Waals surface area contributed by atoms with Gasteiger partial charge in [0.2, 0.25) is 0 Å². The van der Waals surface area contributed by atoms with E-state index >= 15 is 0 Å². The Bertz CT molecular complexity index is 58.6. The molecule has 35 valence electrons. The standard InChI is InChI=1S/C4H6BrO/c1-4(2-5)3-6/h2H,3H2,1H3. The predicted octanol–water partition coefficient (Wildman–Crippen LogP) is 1.72. The van der Waals surface area contributed by atoms with E-state index in [1.807, 2.05) is 0 Å². The van der Waals surface area contributed by atoms with E-state index in [0.717, 1.165) is 5.57 Å². The van der Waals surface area contributed by atoms with Gasteiger partial charge in [-0.1, -0.05) is 15.9 Å². The Balaban J connectivity index is 3.22. The minimum absolute atomic E-state index is 0.106. The van der Waals surface area contributed by atoms with Crippen LogP contribution in [0, 0.1) is 0 Å². The van der Waals surface area contributed by atoms with E-state index in [2.05, 4.69) is 15.9 Å². The van der Waals surface area contributed by atoms with Crippen molar-refractivity contribution in [3.8, 4) is 0 Å². The first-order valence-corrected chi connectivity index (χ1v) is 2.56. The Morgan fingerprint density at radius 1 is 2.00 bits per heavy atom. The Hall–Kier alpha value is 0.180. The highest BCUT2D eigenvalue weighted by atomic mass is 79.9. The highest BCUT2D eigenvalue weighted by Crippen LogP contribution is 1.93. The summed E-state index contributed by atoms with van der Waals surface area (Å²) < 4.78 is 0. The van der Waals surface area contributed by atoms with Gasteiger partial charge in [0.15, 0.2) is 0 Å². The molecule has 1 nitrogen and oxygen atoms in total. The molecule has 0 rings (SSSR count). The van der Waals surface area contributed by atoms with Crippen LogP contribution in [0.3, 0.4) is 0 Å². The summed E-state index contributed by atoms with van der Waals surface area (Å²) in [5, 5.41) is 9.76. The van der Waals surface area contributed by atoms with Crippen LogP contribution in [-0.4, -0.2) is 6.61 Å². The van der Waals surface area contributed by atoms with Crippen LogP contribution < -0.4 is 0 Å². The van der Waals surface area contributed by atoms with E-state index in [0.29, 0.717) is 0 Å². The van der Waals surface area contributed by atoms with Gasteiger partial charge in [0.1, 0.15) is 6.61 Å². The monoisotopic (exact) mass is 149 g/mol. The zero-order valence-corrected chi connectivity index (χ0v) is 5.16. The molecule has 0 aliphatic heterocycles. The normalized spacial score (nSPS) is 12.2. The van der Waals surface area contributed by atoms with Crippen molar-refractivity contribution < 1.29 is 5.11 Å². The summed E-state index contributed by atoms with van der Waals surface area (Å²) in [7, 11) is 0. The van der Waals surface area contributed by atoms with E-state index in [1.165, 1.54) is 0 Å². The molecule has 0 aromatic heterocycles. The summed E-state index contributed by atoms with van der Waals surface area (Å²) in [5.41, 5.74) is 0.829. The molecule has 0 N–H and O–H groups in total. The van der Waals surface area contributed by atoms with Gasteiger partial charge in [-0.3, -0.25) is 0 Å². The van der Waals surface area contributed by atoms with Gasteiger partial charge in [0.05, 0.1) is 0 Å². The number of halogens is 1. The minimum Gasteiger partial charge on any atom is -0.232 e. The summed E-state index contributed by atoms with van der Waals surface area (Å²) in [6.07, 6.45) is 0. The van der Waals surface area contributed by atoms with Crippen molar-refractivity contribution in [2.75, 3.05) is 6.61 Å². The molecule has 0 fully saturated rings. The molecule has 0 spiro atoms. The van der Waals surface area contributed by atoms with Gasteiger partial charge in [-0.25, -0.2) is 5.11 Å². The Labute approximate surface area is 45.8 Å². The quantitative estimate of drug-likeness (QED) is 0.542. The predicted molar refractivity (Wildman–Crippen MR) is 28.2 cm³/mol. The second kappa shape index (κ2) is 3.37. The molecule has 0 aromatic carbocycles. The first-order valence-electron chi connectivity index (χ1n) is 1.65. The lowest BCUT2D eigenvalue weighted by Gasteiger charge is -1.80. The molecule has 1 radical (unpaired) electrons. The number of hydrogen-bond acceptors (Lipinski definition) is 0. The highest BCUT2D eigenvalue weighted by molar-refractivity contribution is 9.11. The lowest BCUT2D eigenvalue weighted by Crippen LogP contribution is -1.76. The van der Waals surface area contributed by atoms with Gasteiger partial charge in [0, 0.05) is 0 Å². The third kappa shape index (κ3) is 2.42. The van der Waals surface area contributed by atoms with Crippen LogP contribution in [0.5, 0.6) is 0 Å². The van der Waals surface area contributed by atoms with Crippen LogP contribution in [0.2, 0.25) is 0 Å². The van der Waals surface area contributed by atoms with Crippen LogP contribution in [0.25, 0.3) is 0 Å². The lowest BCUT2D eigenvalue weighted by molar-refractivity contribution is 0.223. The second-order valence-corrected chi connectivity index (χ2v) is 1.56. The molecule has 6 heavy (non-hydrogen) atoms. The fourth-order valence-corrected chi connectivity index (χ4v) is 0.164. The smallest absolute Gasteiger partial charge is 0.104 e. The molecule has 0 unspecified atom stereocenters. The zero-order chi connectivity index (χ0) is 4.99. The molecule has 0 saturated carbocycles. The highest BCUT2D eigenvalue weighted by Gasteiger charge is 1.77. The van der Waals surface area contributed by atoms with Crippen molar-refractivity contribution in [2.45, 2.75) is 6.92 Å². The molecule has 0 aromatic rings. The zero-order valence-electron chi connectivity index (χ0n) is 3.57. The van der Waals surface area contributed by atoms with Gasteiger partial charge in [0.25, 0.3) is 0 Å². The summed E-state index contributed by atoms with van der Waals surface area (Å²) in [5.74, 6) is 0. The van der Waals surface area contributed by atoms with Crippen LogP contribution in [0.1, 0.15) is 6.92 Å². The fraction of sp³-hybridized carbons (Fsp3) is 0.500. The van der Waals surface area contributed by atoms with E-state index < -0.39 is 0 Å². The van der Waals surface area contributed by atoms with Gasteiger partial charge < -0.3 is 0 Å². The molecule has 0 aliphatic rings. The summed E-state index contributed by atoms with van der Waals surface area (Å²) in [4.78, 5) is 1.64. The van der Waals surface area contributed by atoms with Crippen molar-refractivity contribution in [1.82, 2.24) is 0 Å². The van der Waals surface area contributed by atoms with Gasteiger partial charge >= 0.3 is 0 Å². The molecule has 0 bridgehead atoms. The maximum absolute atomic E-state index is 9.76. The molecule has 0 saturated heterocycles. The maximum atomic E-state index is 9.76. The van der Waals surface area contributed by atoms with Crippen LogP contribution in [0.15, 0.2) is 10.6 Å². The SMILES string of the molecule is CC(=CBr)C[O]. The van der Waals surface area contributed by atoms with Crippen molar-refractivity contribution >= 4 is 15.9 Å². The maximum Gasteiger partial charge on any atom is 0.104 e. The van der Waals surface area contributed by atoms with Crippen LogP contribution in [0.4, 0.5) is 0 Å².